The first-order valence-corrected chi connectivity index (χ1v) is 7.87. The van der Waals surface area contributed by atoms with Crippen LogP contribution in [0, 0.1) is 0 Å². The van der Waals surface area contributed by atoms with Crippen LogP contribution in [0.1, 0.15) is 17.2 Å². The van der Waals surface area contributed by atoms with Crippen molar-refractivity contribution in [3.05, 3.63) is 58.6 Å². The Balaban J connectivity index is 2.02. The Hall–Kier alpha value is -1.00. The Morgan fingerprint density at radius 1 is 1.20 bits per heavy atom. The number of aliphatic hydroxyl groups is 1. The molecule has 0 spiro atoms. The topological polar surface area (TPSA) is 32.3 Å². The molecule has 0 bridgehead atoms. The van der Waals surface area contributed by atoms with Crippen molar-refractivity contribution >= 4 is 23.4 Å². The average molecular weight is 306 g/mol. The van der Waals surface area contributed by atoms with E-state index in [1.807, 2.05) is 12.1 Å². The molecule has 1 aliphatic rings. The van der Waals surface area contributed by atoms with Gasteiger partial charge in [0, 0.05) is 27.4 Å². The van der Waals surface area contributed by atoms with E-state index in [-0.39, 0.29) is 12.6 Å². The van der Waals surface area contributed by atoms with Crippen LogP contribution in [0.15, 0.2) is 52.3 Å². The molecule has 2 aromatic rings. The summed E-state index contributed by atoms with van der Waals surface area (Å²) >= 11 is 7.91. The molecule has 2 aromatic carbocycles. The Labute approximate surface area is 128 Å². The van der Waals surface area contributed by atoms with Gasteiger partial charge in [-0.25, -0.2) is 0 Å². The molecule has 4 heteroatoms. The van der Waals surface area contributed by atoms with E-state index >= 15 is 0 Å². The van der Waals surface area contributed by atoms with Gasteiger partial charge >= 0.3 is 0 Å². The summed E-state index contributed by atoms with van der Waals surface area (Å²) in [7, 11) is 0. The maximum absolute atomic E-state index is 9.07. The zero-order chi connectivity index (χ0) is 13.9. The molecule has 0 amide bonds. The number of hydrogen-bond donors (Lipinski definition) is 2. The number of halogens is 1. The van der Waals surface area contributed by atoms with E-state index in [1.165, 1.54) is 20.9 Å². The lowest BCUT2D eigenvalue weighted by molar-refractivity contribution is 0.283. The van der Waals surface area contributed by atoms with Crippen molar-refractivity contribution < 1.29 is 5.11 Å². The highest BCUT2D eigenvalue weighted by Crippen LogP contribution is 2.41. The summed E-state index contributed by atoms with van der Waals surface area (Å²) in [5.41, 5.74) is 2.55. The maximum atomic E-state index is 9.07. The van der Waals surface area contributed by atoms with Crippen molar-refractivity contribution in [2.75, 3.05) is 13.2 Å². The molecule has 0 aromatic heterocycles. The van der Waals surface area contributed by atoms with Crippen molar-refractivity contribution in [2.45, 2.75) is 22.3 Å². The SMILES string of the molecule is OCCN[C@@H]1Cc2cc(Cl)ccc2Sc2ccccc21. The van der Waals surface area contributed by atoms with Gasteiger partial charge in [-0.15, -0.1) is 0 Å². The fourth-order valence-corrected chi connectivity index (χ4v) is 3.85. The van der Waals surface area contributed by atoms with E-state index in [0.29, 0.717) is 6.54 Å². The van der Waals surface area contributed by atoms with Crippen LogP contribution < -0.4 is 5.32 Å². The highest BCUT2D eigenvalue weighted by molar-refractivity contribution is 7.99. The molecule has 1 heterocycles. The van der Waals surface area contributed by atoms with Gasteiger partial charge in [0.15, 0.2) is 0 Å². The quantitative estimate of drug-likeness (QED) is 0.907. The van der Waals surface area contributed by atoms with Gasteiger partial charge in [0.05, 0.1) is 6.61 Å². The summed E-state index contributed by atoms with van der Waals surface area (Å²) in [5, 5.41) is 13.3. The summed E-state index contributed by atoms with van der Waals surface area (Å²) in [4.78, 5) is 2.53. The van der Waals surface area contributed by atoms with Crippen LogP contribution in [-0.2, 0) is 6.42 Å². The van der Waals surface area contributed by atoms with Crippen molar-refractivity contribution in [1.29, 1.82) is 0 Å². The van der Waals surface area contributed by atoms with Crippen LogP contribution in [0.4, 0.5) is 0 Å². The summed E-state index contributed by atoms with van der Waals surface area (Å²) < 4.78 is 0. The largest absolute Gasteiger partial charge is 0.395 e. The molecule has 2 nitrogen and oxygen atoms in total. The van der Waals surface area contributed by atoms with Crippen molar-refractivity contribution in [1.82, 2.24) is 5.32 Å². The summed E-state index contributed by atoms with van der Waals surface area (Å²) in [6, 6.07) is 14.7. The molecule has 0 saturated carbocycles. The molecule has 0 fully saturated rings. The van der Waals surface area contributed by atoms with Gasteiger partial charge in [-0.2, -0.15) is 0 Å². The first kappa shape index (κ1) is 14.0. The van der Waals surface area contributed by atoms with Gasteiger partial charge in [-0.1, -0.05) is 41.6 Å². The maximum Gasteiger partial charge on any atom is 0.0556 e. The third-order valence-corrected chi connectivity index (χ3v) is 4.91. The predicted molar refractivity (Wildman–Crippen MR) is 83.6 cm³/mol. The number of fused-ring (bicyclic) bond motifs is 2. The van der Waals surface area contributed by atoms with E-state index in [1.54, 1.807) is 11.8 Å². The van der Waals surface area contributed by atoms with Crippen molar-refractivity contribution in [3.63, 3.8) is 0 Å². The molecule has 0 unspecified atom stereocenters. The van der Waals surface area contributed by atoms with E-state index in [4.69, 9.17) is 16.7 Å². The van der Waals surface area contributed by atoms with Gasteiger partial charge < -0.3 is 10.4 Å². The van der Waals surface area contributed by atoms with E-state index in [9.17, 15) is 0 Å². The van der Waals surface area contributed by atoms with Crippen LogP contribution in [0.25, 0.3) is 0 Å². The molecule has 104 valence electrons. The minimum atomic E-state index is 0.147. The van der Waals surface area contributed by atoms with Crippen molar-refractivity contribution in [3.8, 4) is 0 Å². The van der Waals surface area contributed by atoms with Gasteiger partial charge in [0.25, 0.3) is 0 Å². The summed E-state index contributed by atoms with van der Waals surface area (Å²) in [5.74, 6) is 0. The molecule has 2 N–H and O–H groups in total. The number of hydrogen-bond acceptors (Lipinski definition) is 3. The first-order chi connectivity index (χ1) is 9.78. The minimum Gasteiger partial charge on any atom is -0.395 e. The lowest BCUT2D eigenvalue weighted by Crippen LogP contribution is -2.26. The zero-order valence-electron chi connectivity index (χ0n) is 11.0. The molecule has 1 aliphatic heterocycles. The summed E-state index contributed by atoms with van der Waals surface area (Å²) in [6.07, 6.45) is 0.889. The second kappa shape index (κ2) is 6.19. The molecule has 0 aliphatic carbocycles. The molecule has 20 heavy (non-hydrogen) atoms. The molecular formula is C16H16ClNOS. The smallest absolute Gasteiger partial charge is 0.0556 e. The number of benzene rings is 2. The molecule has 1 atom stereocenters. The lowest BCUT2D eigenvalue weighted by Gasteiger charge is -2.18. The van der Waals surface area contributed by atoms with E-state index < -0.39 is 0 Å². The number of rotatable bonds is 3. The van der Waals surface area contributed by atoms with Crippen LogP contribution in [-0.4, -0.2) is 18.3 Å². The predicted octanol–water partition coefficient (Wildman–Crippen LogP) is 3.67. The Bertz CT molecular complexity index is 617. The van der Waals surface area contributed by atoms with E-state index in [0.717, 1.165) is 11.4 Å². The lowest BCUT2D eigenvalue weighted by atomic mass is 9.99. The average Bonchev–Trinajstić information content (AvgIpc) is 2.61. The third-order valence-electron chi connectivity index (χ3n) is 3.46. The minimum absolute atomic E-state index is 0.147. The van der Waals surface area contributed by atoms with Crippen LogP contribution >= 0.6 is 23.4 Å². The highest BCUT2D eigenvalue weighted by Gasteiger charge is 2.22. The third kappa shape index (κ3) is 2.86. The zero-order valence-corrected chi connectivity index (χ0v) is 12.5. The van der Waals surface area contributed by atoms with Gasteiger partial charge in [-0.05, 0) is 41.8 Å². The van der Waals surface area contributed by atoms with Gasteiger partial charge in [-0.3, -0.25) is 0 Å². The van der Waals surface area contributed by atoms with Gasteiger partial charge in [0.1, 0.15) is 0 Å². The molecule has 0 radical (unpaired) electrons. The van der Waals surface area contributed by atoms with Crippen LogP contribution in [0.5, 0.6) is 0 Å². The van der Waals surface area contributed by atoms with Crippen LogP contribution in [0.3, 0.4) is 0 Å². The second-order valence-electron chi connectivity index (χ2n) is 4.83. The first-order valence-electron chi connectivity index (χ1n) is 6.67. The number of nitrogens with one attached hydrogen (secondary N) is 1. The molecule has 0 saturated heterocycles. The molecule has 3 rings (SSSR count). The Kier molecular flexibility index (Phi) is 4.32. The normalized spacial score (nSPS) is 17.2. The standard InChI is InChI=1S/C16H16ClNOS/c17-12-5-6-15-11(9-12)10-14(18-7-8-19)13-3-1-2-4-16(13)20-15/h1-6,9,14,18-19H,7-8,10H2/t14-/m1/s1. The fraction of sp³-hybridized carbons (Fsp3) is 0.250. The second-order valence-corrected chi connectivity index (χ2v) is 6.35. The van der Waals surface area contributed by atoms with E-state index in [2.05, 4.69) is 35.6 Å². The molecular weight excluding hydrogens is 290 g/mol. The number of aliphatic hydroxyl groups excluding tert-OH is 1. The van der Waals surface area contributed by atoms with Crippen molar-refractivity contribution in [2.24, 2.45) is 0 Å². The summed E-state index contributed by atoms with van der Waals surface area (Å²) in [6.45, 7) is 0.744. The Morgan fingerprint density at radius 2 is 2.05 bits per heavy atom. The monoisotopic (exact) mass is 305 g/mol. The van der Waals surface area contributed by atoms with Gasteiger partial charge in [0.2, 0.25) is 0 Å². The Morgan fingerprint density at radius 3 is 2.90 bits per heavy atom. The highest BCUT2D eigenvalue weighted by atomic mass is 35.5. The van der Waals surface area contributed by atoms with Crippen LogP contribution in [0.2, 0.25) is 5.02 Å². The fourth-order valence-electron chi connectivity index (χ4n) is 2.54.